The van der Waals surface area contributed by atoms with Crippen molar-refractivity contribution < 1.29 is 9.84 Å². The molecule has 0 saturated heterocycles. The van der Waals surface area contributed by atoms with Crippen LogP contribution in [-0.4, -0.2) is 20.3 Å². The standard InChI is InChI=1S/C34H35N3O3/c1-5-9-31-36-28(6-2)32(24-16-17-30-27(18-24)29(38)19-34(3,4)40-30)33(39)37(31)21-22-12-14-23(15-13-22)26-11-8-7-10-25(26)20-35/h7-8,10-18,29,38H,5-6,9,19,21H2,1-4H3. The summed E-state index contributed by atoms with van der Waals surface area (Å²) in [6.45, 7) is 8.42. The molecule has 6 heteroatoms. The molecular formula is C34H35N3O3. The number of hydrogen-bond acceptors (Lipinski definition) is 5. The summed E-state index contributed by atoms with van der Waals surface area (Å²) in [5.74, 6) is 1.43. The Morgan fingerprint density at radius 3 is 2.50 bits per heavy atom. The van der Waals surface area contributed by atoms with Gasteiger partial charge in [0.2, 0.25) is 0 Å². The van der Waals surface area contributed by atoms with E-state index in [-0.39, 0.29) is 5.56 Å². The summed E-state index contributed by atoms with van der Waals surface area (Å²) in [5, 5.41) is 20.4. The fraction of sp³-hybridized carbons (Fsp3) is 0.324. The van der Waals surface area contributed by atoms with Crippen LogP contribution in [0.4, 0.5) is 0 Å². The molecule has 1 N–H and O–H groups in total. The van der Waals surface area contributed by atoms with Gasteiger partial charge in [0.15, 0.2) is 0 Å². The quantitative estimate of drug-likeness (QED) is 0.289. The number of hydrogen-bond donors (Lipinski definition) is 1. The molecule has 1 atom stereocenters. The molecule has 0 fully saturated rings. The van der Waals surface area contributed by atoms with Gasteiger partial charge in [-0.25, -0.2) is 4.98 Å². The number of rotatable bonds is 7. The van der Waals surface area contributed by atoms with E-state index >= 15 is 0 Å². The number of aliphatic hydroxyl groups excluding tert-OH is 1. The van der Waals surface area contributed by atoms with Crippen LogP contribution in [0.1, 0.15) is 74.8 Å². The van der Waals surface area contributed by atoms with Crippen LogP contribution in [0, 0.1) is 11.3 Å². The molecule has 0 saturated carbocycles. The minimum absolute atomic E-state index is 0.0827. The molecule has 0 amide bonds. The lowest BCUT2D eigenvalue weighted by Gasteiger charge is -2.35. The van der Waals surface area contributed by atoms with Crippen LogP contribution in [-0.2, 0) is 19.4 Å². The third kappa shape index (κ3) is 5.30. The number of ether oxygens (including phenoxy) is 1. The smallest absolute Gasteiger partial charge is 0.261 e. The lowest BCUT2D eigenvalue weighted by Crippen LogP contribution is -2.34. The first kappa shape index (κ1) is 27.4. The Morgan fingerprint density at radius 2 is 1.80 bits per heavy atom. The number of aromatic nitrogens is 2. The molecule has 1 aliphatic rings. The van der Waals surface area contributed by atoms with Crippen LogP contribution in [0.5, 0.6) is 5.75 Å². The Labute approximate surface area is 235 Å². The maximum Gasteiger partial charge on any atom is 0.261 e. The summed E-state index contributed by atoms with van der Waals surface area (Å²) in [4.78, 5) is 19.2. The second-order valence-electron chi connectivity index (χ2n) is 11.0. The molecule has 2 heterocycles. The van der Waals surface area contributed by atoms with E-state index < -0.39 is 11.7 Å². The summed E-state index contributed by atoms with van der Waals surface area (Å²) in [5.41, 5.74) is 5.70. The first-order valence-electron chi connectivity index (χ1n) is 14.0. The Hall–Kier alpha value is -4.21. The van der Waals surface area contributed by atoms with E-state index in [9.17, 15) is 15.2 Å². The number of benzene rings is 3. The van der Waals surface area contributed by atoms with Crippen molar-refractivity contribution in [3.8, 4) is 34.1 Å². The van der Waals surface area contributed by atoms with E-state index in [0.29, 0.717) is 48.2 Å². The Morgan fingerprint density at radius 1 is 1.07 bits per heavy atom. The predicted octanol–water partition coefficient (Wildman–Crippen LogP) is 6.61. The molecule has 1 aliphatic heterocycles. The predicted molar refractivity (Wildman–Crippen MR) is 157 cm³/mol. The normalized spacial score (nSPS) is 15.7. The van der Waals surface area contributed by atoms with Gasteiger partial charge in [0.05, 0.1) is 35.5 Å². The fourth-order valence-electron chi connectivity index (χ4n) is 5.55. The van der Waals surface area contributed by atoms with Crippen molar-refractivity contribution in [1.29, 1.82) is 5.26 Å². The monoisotopic (exact) mass is 533 g/mol. The van der Waals surface area contributed by atoms with Crippen LogP contribution >= 0.6 is 0 Å². The number of nitriles is 1. The maximum absolute atomic E-state index is 14.2. The van der Waals surface area contributed by atoms with Crippen molar-refractivity contribution in [2.75, 3.05) is 0 Å². The molecule has 40 heavy (non-hydrogen) atoms. The van der Waals surface area contributed by atoms with Crippen molar-refractivity contribution in [3.05, 3.63) is 105 Å². The lowest BCUT2D eigenvalue weighted by molar-refractivity contribution is 0.0116. The van der Waals surface area contributed by atoms with E-state index in [2.05, 4.69) is 13.0 Å². The van der Waals surface area contributed by atoms with Gasteiger partial charge in [-0.3, -0.25) is 9.36 Å². The summed E-state index contributed by atoms with van der Waals surface area (Å²) in [7, 11) is 0. The molecule has 0 bridgehead atoms. The zero-order chi connectivity index (χ0) is 28.4. The van der Waals surface area contributed by atoms with Gasteiger partial charge in [-0.15, -0.1) is 0 Å². The molecule has 3 aromatic carbocycles. The topological polar surface area (TPSA) is 88.1 Å². The second-order valence-corrected chi connectivity index (χ2v) is 11.0. The molecule has 1 aromatic heterocycles. The summed E-state index contributed by atoms with van der Waals surface area (Å²) < 4.78 is 7.88. The Bertz CT molecular complexity index is 1650. The summed E-state index contributed by atoms with van der Waals surface area (Å²) >= 11 is 0. The van der Waals surface area contributed by atoms with Gasteiger partial charge in [-0.05, 0) is 67.1 Å². The second kappa shape index (κ2) is 11.1. The number of nitrogens with zero attached hydrogens (tertiary/aromatic N) is 3. The van der Waals surface area contributed by atoms with Crippen LogP contribution < -0.4 is 10.3 Å². The molecule has 6 nitrogen and oxygen atoms in total. The van der Waals surface area contributed by atoms with Crippen molar-refractivity contribution in [1.82, 2.24) is 9.55 Å². The lowest BCUT2D eigenvalue weighted by atomic mass is 9.89. The fourth-order valence-corrected chi connectivity index (χ4v) is 5.55. The van der Waals surface area contributed by atoms with E-state index in [1.54, 1.807) is 4.57 Å². The zero-order valence-electron chi connectivity index (χ0n) is 23.6. The minimum Gasteiger partial charge on any atom is -0.487 e. The maximum atomic E-state index is 14.2. The van der Waals surface area contributed by atoms with E-state index in [1.807, 2.05) is 87.5 Å². The zero-order valence-corrected chi connectivity index (χ0v) is 23.6. The van der Waals surface area contributed by atoms with Gasteiger partial charge in [0.25, 0.3) is 5.56 Å². The van der Waals surface area contributed by atoms with Gasteiger partial charge >= 0.3 is 0 Å². The SMILES string of the molecule is CCCc1nc(CC)c(-c2ccc3c(c2)C(O)CC(C)(C)O3)c(=O)n1Cc1ccc(-c2ccccc2C#N)cc1. The van der Waals surface area contributed by atoms with Crippen LogP contribution in [0.3, 0.4) is 0 Å². The number of aryl methyl sites for hydroxylation is 2. The summed E-state index contributed by atoms with van der Waals surface area (Å²) in [6, 6.07) is 23.5. The van der Waals surface area contributed by atoms with Crippen molar-refractivity contribution in [2.24, 2.45) is 0 Å². The summed E-state index contributed by atoms with van der Waals surface area (Å²) in [6.07, 6.45) is 2.01. The van der Waals surface area contributed by atoms with Crippen molar-refractivity contribution in [2.45, 2.75) is 71.6 Å². The highest BCUT2D eigenvalue weighted by Gasteiger charge is 2.33. The van der Waals surface area contributed by atoms with Crippen LogP contribution in [0.15, 0.2) is 71.5 Å². The van der Waals surface area contributed by atoms with E-state index in [4.69, 9.17) is 9.72 Å². The molecule has 0 aliphatic carbocycles. The molecule has 0 radical (unpaired) electrons. The van der Waals surface area contributed by atoms with Gasteiger partial charge in [0.1, 0.15) is 17.2 Å². The average molecular weight is 534 g/mol. The van der Waals surface area contributed by atoms with Gasteiger partial charge < -0.3 is 9.84 Å². The molecule has 5 rings (SSSR count). The Balaban J connectivity index is 1.56. The van der Waals surface area contributed by atoms with E-state index in [1.165, 1.54) is 0 Å². The molecule has 0 spiro atoms. The highest BCUT2D eigenvalue weighted by atomic mass is 16.5. The van der Waals surface area contributed by atoms with Gasteiger partial charge in [-0.1, -0.05) is 62.4 Å². The first-order valence-corrected chi connectivity index (χ1v) is 14.0. The minimum atomic E-state index is -0.664. The van der Waals surface area contributed by atoms with Gasteiger partial charge in [0, 0.05) is 18.4 Å². The van der Waals surface area contributed by atoms with Crippen molar-refractivity contribution in [3.63, 3.8) is 0 Å². The first-order chi connectivity index (χ1) is 19.2. The highest BCUT2D eigenvalue weighted by molar-refractivity contribution is 5.71. The molecule has 1 unspecified atom stereocenters. The largest absolute Gasteiger partial charge is 0.487 e. The third-order valence-corrected chi connectivity index (χ3v) is 7.51. The number of fused-ring (bicyclic) bond motifs is 1. The van der Waals surface area contributed by atoms with Gasteiger partial charge in [-0.2, -0.15) is 5.26 Å². The average Bonchev–Trinajstić information content (AvgIpc) is 2.94. The third-order valence-electron chi connectivity index (χ3n) is 7.51. The van der Waals surface area contributed by atoms with E-state index in [0.717, 1.165) is 40.2 Å². The molecule has 4 aromatic rings. The highest BCUT2D eigenvalue weighted by Crippen LogP contribution is 2.41. The van der Waals surface area contributed by atoms with Crippen LogP contribution in [0.2, 0.25) is 0 Å². The number of aliphatic hydroxyl groups is 1. The molecular weight excluding hydrogens is 498 g/mol. The molecule has 204 valence electrons. The Kier molecular flexibility index (Phi) is 7.60. The van der Waals surface area contributed by atoms with Crippen molar-refractivity contribution >= 4 is 0 Å². The van der Waals surface area contributed by atoms with Crippen LogP contribution in [0.25, 0.3) is 22.3 Å².